The zero-order chi connectivity index (χ0) is 13.8. The quantitative estimate of drug-likeness (QED) is 0.942. The van der Waals surface area contributed by atoms with Crippen LogP contribution in [0, 0.1) is 11.3 Å². The van der Waals surface area contributed by atoms with Crippen LogP contribution in [-0.2, 0) is 6.54 Å². The molecule has 2 aromatic rings. The van der Waals surface area contributed by atoms with Gasteiger partial charge in [0.2, 0.25) is 0 Å². The van der Waals surface area contributed by atoms with Gasteiger partial charge in [-0.25, -0.2) is 0 Å². The fraction of sp³-hybridized carbons (Fsp3) is 0.286. The molecule has 0 amide bonds. The molecular weight excluding hydrogens is 306 g/mol. The van der Waals surface area contributed by atoms with Crippen molar-refractivity contribution in [3.05, 3.63) is 51.8 Å². The van der Waals surface area contributed by atoms with Crippen LogP contribution in [0.1, 0.15) is 36.3 Å². The Balaban J connectivity index is 2.35. The van der Waals surface area contributed by atoms with Crippen molar-refractivity contribution in [1.82, 2.24) is 9.78 Å². The van der Waals surface area contributed by atoms with Crippen LogP contribution in [0.2, 0.25) is 0 Å². The van der Waals surface area contributed by atoms with Crippen LogP contribution in [0.4, 0.5) is 0 Å². The molecule has 1 N–H and O–H groups in total. The molecule has 1 atom stereocenters. The molecule has 4 nitrogen and oxygen atoms in total. The summed E-state index contributed by atoms with van der Waals surface area (Å²) in [7, 11) is 0. The van der Waals surface area contributed by atoms with Gasteiger partial charge >= 0.3 is 0 Å². The minimum absolute atomic E-state index is 0.581. The van der Waals surface area contributed by atoms with Crippen molar-refractivity contribution in [3.63, 3.8) is 0 Å². The zero-order valence-corrected chi connectivity index (χ0v) is 12.1. The van der Waals surface area contributed by atoms with E-state index in [1.54, 1.807) is 35.1 Å². The second kappa shape index (κ2) is 6.00. The highest BCUT2D eigenvalue weighted by molar-refractivity contribution is 9.10. The molecule has 98 valence electrons. The number of halogens is 1. The van der Waals surface area contributed by atoms with Crippen molar-refractivity contribution in [2.75, 3.05) is 0 Å². The van der Waals surface area contributed by atoms with Gasteiger partial charge < -0.3 is 5.11 Å². The standard InChI is InChI=1S/C14H14BrN3O/c1-2-7-18-13(12(15)9-17-18)14(19)11-5-3-10(8-16)4-6-11/h3-6,9,14,19H,2,7H2,1H3. The minimum Gasteiger partial charge on any atom is -0.382 e. The Morgan fingerprint density at radius 1 is 1.42 bits per heavy atom. The van der Waals surface area contributed by atoms with Gasteiger partial charge in [0.1, 0.15) is 6.10 Å². The highest BCUT2D eigenvalue weighted by atomic mass is 79.9. The van der Waals surface area contributed by atoms with Crippen molar-refractivity contribution in [1.29, 1.82) is 5.26 Å². The van der Waals surface area contributed by atoms with Crippen molar-refractivity contribution >= 4 is 15.9 Å². The van der Waals surface area contributed by atoms with Gasteiger partial charge in [-0.2, -0.15) is 10.4 Å². The van der Waals surface area contributed by atoms with Crippen LogP contribution in [0.3, 0.4) is 0 Å². The summed E-state index contributed by atoms with van der Waals surface area (Å²) >= 11 is 3.42. The van der Waals surface area contributed by atoms with Gasteiger partial charge in [-0.1, -0.05) is 19.1 Å². The molecule has 0 spiro atoms. The average molecular weight is 320 g/mol. The molecule has 0 aliphatic rings. The summed E-state index contributed by atoms with van der Waals surface area (Å²) in [6.07, 6.45) is 1.88. The minimum atomic E-state index is -0.754. The monoisotopic (exact) mass is 319 g/mol. The van der Waals surface area contributed by atoms with E-state index in [1.165, 1.54) is 0 Å². The molecule has 1 unspecified atom stereocenters. The van der Waals surface area contributed by atoms with Gasteiger partial charge in [-0.05, 0) is 40.0 Å². The highest BCUT2D eigenvalue weighted by Crippen LogP contribution is 2.28. The Morgan fingerprint density at radius 3 is 2.68 bits per heavy atom. The predicted octanol–water partition coefficient (Wildman–Crippen LogP) is 3.01. The molecule has 1 heterocycles. The van der Waals surface area contributed by atoms with Crippen LogP contribution >= 0.6 is 15.9 Å². The van der Waals surface area contributed by atoms with Crippen LogP contribution in [0.5, 0.6) is 0 Å². The average Bonchev–Trinajstić information content (AvgIpc) is 2.80. The van der Waals surface area contributed by atoms with E-state index in [0.717, 1.165) is 28.7 Å². The summed E-state index contributed by atoms with van der Waals surface area (Å²) in [5.74, 6) is 0. The number of nitriles is 1. The largest absolute Gasteiger partial charge is 0.382 e. The number of aliphatic hydroxyl groups is 1. The van der Waals surface area contributed by atoms with Gasteiger partial charge in [0, 0.05) is 6.54 Å². The summed E-state index contributed by atoms with van der Waals surface area (Å²) in [6.45, 7) is 2.82. The van der Waals surface area contributed by atoms with E-state index in [0.29, 0.717) is 5.56 Å². The number of aliphatic hydroxyl groups excluding tert-OH is 1. The Kier molecular flexibility index (Phi) is 4.35. The molecule has 0 fully saturated rings. The molecule has 1 aromatic carbocycles. The topological polar surface area (TPSA) is 61.8 Å². The van der Waals surface area contributed by atoms with E-state index in [9.17, 15) is 5.11 Å². The van der Waals surface area contributed by atoms with Crippen LogP contribution in [0.15, 0.2) is 34.9 Å². The fourth-order valence-corrected chi connectivity index (χ4v) is 2.44. The van der Waals surface area contributed by atoms with Crippen molar-refractivity contribution < 1.29 is 5.11 Å². The Hall–Kier alpha value is -1.64. The molecule has 5 heteroatoms. The van der Waals surface area contributed by atoms with E-state index < -0.39 is 6.10 Å². The van der Waals surface area contributed by atoms with Crippen LogP contribution in [-0.4, -0.2) is 14.9 Å². The molecular formula is C14H14BrN3O. The third-order valence-corrected chi connectivity index (χ3v) is 3.49. The molecule has 0 radical (unpaired) electrons. The predicted molar refractivity (Wildman–Crippen MR) is 75.4 cm³/mol. The lowest BCUT2D eigenvalue weighted by Gasteiger charge is -2.14. The fourth-order valence-electron chi connectivity index (χ4n) is 1.93. The maximum atomic E-state index is 10.5. The first-order valence-corrected chi connectivity index (χ1v) is 6.86. The van der Waals surface area contributed by atoms with Crippen molar-refractivity contribution in [3.8, 4) is 6.07 Å². The van der Waals surface area contributed by atoms with Gasteiger partial charge in [-0.15, -0.1) is 0 Å². The molecule has 2 rings (SSSR count). The molecule has 0 saturated heterocycles. The van der Waals surface area contributed by atoms with E-state index >= 15 is 0 Å². The number of hydrogen-bond acceptors (Lipinski definition) is 3. The summed E-state index contributed by atoms with van der Waals surface area (Å²) in [5.41, 5.74) is 2.07. The number of aromatic nitrogens is 2. The summed E-state index contributed by atoms with van der Waals surface area (Å²) < 4.78 is 2.59. The number of benzene rings is 1. The number of nitrogens with zero attached hydrogens (tertiary/aromatic N) is 3. The molecule has 0 saturated carbocycles. The Bertz CT molecular complexity index is 598. The first-order valence-electron chi connectivity index (χ1n) is 6.06. The van der Waals surface area contributed by atoms with Crippen LogP contribution < -0.4 is 0 Å². The summed E-state index contributed by atoms with van der Waals surface area (Å²) in [4.78, 5) is 0. The molecule has 1 aromatic heterocycles. The molecule has 0 aliphatic heterocycles. The maximum absolute atomic E-state index is 10.5. The second-order valence-corrected chi connectivity index (χ2v) is 5.09. The summed E-state index contributed by atoms with van der Waals surface area (Å²) in [6, 6.07) is 8.99. The zero-order valence-electron chi connectivity index (χ0n) is 10.5. The number of hydrogen-bond donors (Lipinski definition) is 1. The van der Waals surface area contributed by atoms with E-state index in [2.05, 4.69) is 34.0 Å². The molecule has 19 heavy (non-hydrogen) atoms. The first-order chi connectivity index (χ1) is 9.17. The summed E-state index contributed by atoms with van der Waals surface area (Å²) in [5, 5.41) is 23.5. The lowest BCUT2D eigenvalue weighted by Crippen LogP contribution is -2.10. The normalized spacial score (nSPS) is 12.1. The second-order valence-electron chi connectivity index (χ2n) is 4.24. The first kappa shape index (κ1) is 13.8. The Morgan fingerprint density at radius 2 is 2.11 bits per heavy atom. The third-order valence-electron chi connectivity index (χ3n) is 2.88. The number of aryl methyl sites for hydroxylation is 1. The molecule has 0 aliphatic carbocycles. The van der Waals surface area contributed by atoms with Crippen molar-refractivity contribution in [2.24, 2.45) is 0 Å². The van der Waals surface area contributed by atoms with Gasteiger partial charge in [-0.3, -0.25) is 4.68 Å². The highest BCUT2D eigenvalue weighted by Gasteiger charge is 2.19. The van der Waals surface area contributed by atoms with E-state index in [1.807, 2.05) is 0 Å². The van der Waals surface area contributed by atoms with E-state index in [4.69, 9.17) is 5.26 Å². The number of rotatable bonds is 4. The molecule has 0 bridgehead atoms. The smallest absolute Gasteiger partial charge is 0.122 e. The van der Waals surface area contributed by atoms with E-state index in [-0.39, 0.29) is 0 Å². The lowest BCUT2D eigenvalue weighted by atomic mass is 10.0. The lowest BCUT2D eigenvalue weighted by molar-refractivity contribution is 0.206. The Labute approximate surface area is 120 Å². The van der Waals surface area contributed by atoms with Gasteiger partial charge in [0.15, 0.2) is 0 Å². The SMILES string of the molecule is CCCn1ncc(Br)c1C(O)c1ccc(C#N)cc1. The van der Waals surface area contributed by atoms with Gasteiger partial charge in [0.25, 0.3) is 0 Å². The van der Waals surface area contributed by atoms with Gasteiger partial charge in [0.05, 0.1) is 28.0 Å². The van der Waals surface area contributed by atoms with Crippen molar-refractivity contribution in [2.45, 2.75) is 26.0 Å². The maximum Gasteiger partial charge on any atom is 0.122 e. The van der Waals surface area contributed by atoms with Crippen LogP contribution in [0.25, 0.3) is 0 Å². The third kappa shape index (κ3) is 2.86.